The molecule has 0 amide bonds. The summed E-state index contributed by atoms with van der Waals surface area (Å²) in [6.07, 6.45) is 7.68. The molecule has 0 radical (unpaired) electrons. The zero-order chi connectivity index (χ0) is 11.4. The highest BCUT2D eigenvalue weighted by molar-refractivity contribution is 5.76. The van der Waals surface area contributed by atoms with Crippen molar-refractivity contribution >= 4 is 5.57 Å². The molecule has 1 aliphatic rings. The van der Waals surface area contributed by atoms with Crippen LogP contribution in [-0.2, 0) is 6.42 Å². The van der Waals surface area contributed by atoms with Gasteiger partial charge in [-0.15, -0.1) is 0 Å². The molecule has 0 aromatic heterocycles. The van der Waals surface area contributed by atoms with Gasteiger partial charge in [0.2, 0.25) is 0 Å². The van der Waals surface area contributed by atoms with E-state index in [-0.39, 0.29) is 0 Å². The molecule has 0 atom stereocenters. The van der Waals surface area contributed by atoms with Crippen LogP contribution in [0.25, 0.3) is 5.57 Å². The van der Waals surface area contributed by atoms with Crippen molar-refractivity contribution in [2.75, 3.05) is 0 Å². The van der Waals surface area contributed by atoms with Gasteiger partial charge >= 0.3 is 0 Å². The third-order valence-corrected chi connectivity index (χ3v) is 3.51. The molecule has 0 nitrogen and oxygen atoms in total. The Morgan fingerprint density at radius 2 is 1.81 bits per heavy atom. The first-order valence-electron chi connectivity index (χ1n) is 6.66. The number of fused-ring (bicyclic) bond motifs is 1. The molecule has 1 aliphatic carbocycles. The minimum atomic E-state index is 1.21. The standard InChI is InChI=1S/C16H22/c1-3-5-10-15-13(8-4-2)12-14-9-6-7-11-16(14)15/h6-7,9,11H,3-5,8,10,12H2,1-2H3. The number of hydrogen-bond donors (Lipinski definition) is 0. The molecule has 16 heavy (non-hydrogen) atoms. The summed E-state index contributed by atoms with van der Waals surface area (Å²) in [4.78, 5) is 0. The van der Waals surface area contributed by atoms with Gasteiger partial charge in [0.15, 0.2) is 0 Å². The maximum absolute atomic E-state index is 2.31. The average Bonchev–Trinajstić information content (AvgIpc) is 2.65. The Balaban J connectivity index is 2.26. The Morgan fingerprint density at radius 1 is 1.00 bits per heavy atom. The van der Waals surface area contributed by atoms with Crippen LogP contribution in [0.2, 0.25) is 0 Å². The summed E-state index contributed by atoms with van der Waals surface area (Å²) in [7, 11) is 0. The molecular formula is C16H22. The first-order chi connectivity index (χ1) is 7.86. The molecule has 0 heterocycles. The largest absolute Gasteiger partial charge is 0.0654 e. The van der Waals surface area contributed by atoms with Gasteiger partial charge in [0, 0.05) is 0 Å². The molecule has 0 unspecified atom stereocenters. The molecule has 1 aromatic rings. The molecule has 0 saturated heterocycles. The van der Waals surface area contributed by atoms with Crippen LogP contribution >= 0.6 is 0 Å². The average molecular weight is 214 g/mol. The van der Waals surface area contributed by atoms with Gasteiger partial charge in [-0.3, -0.25) is 0 Å². The van der Waals surface area contributed by atoms with E-state index in [0.717, 1.165) is 0 Å². The third-order valence-electron chi connectivity index (χ3n) is 3.51. The zero-order valence-corrected chi connectivity index (χ0v) is 10.6. The second-order valence-corrected chi connectivity index (χ2v) is 4.77. The Morgan fingerprint density at radius 3 is 2.56 bits per heavy atom. The van der Waals surface area contributed by atoms with Crippen LogP contribution in [0.5, 0.6) is 0 Å². The van der Waals surface area contributed by atoms with Gasteiger partial charge in [-0.2, -0.15) is 0 Å². The monoisotopic (exact) mass is 214 g/mol. The zero-order valence-electron chi connectivity index (χ0n) is 10.6. The lowest BCUT2D eigenvalue weighted by Crippen LogP contribution is -1.86. The van der Waals surface area contributed by atoms with Crippen LogP contribution < -0.4 is 0 Å². The molecule has 0 saturated carbocycles. The molecule has 0 fully saturated rings. The summed E-state index contributed by atoms with van der Waals surface area (Å²) in [5, 5.41) is 0. The Bertz CT molecular complexity index is 385. The number of allylic oxidation sites excluding steroid dienone is 2. The van der Waals surface area contributed by atoms with Crippen molar-refractivity contribution in [2.45, 2.75) is 52.4 Å². The van der Waals surface area contributed by atoms with E-state index in [1.807, 2.05) is 0 Å². The molecule has 0 heteroatoms. The van der Waals surface area contributed by atoms with Crippen molar-refractivity contribution in [3.63, 3.8) is 0 Å². The molecule has 86 valence electrons. The van der Waals surface area contributed by atoms with E-state index in [2.05, 4.69) is 38.1 Å². The summed E-state index contributed by atoms with van der Waals surface area (Å²) in [6.45, 7) is 4.56. The Labute approximate surface area is 99.4 Å². The van der Waals surface area contributed by atoms with Crippen molar-refractivity contribution in [2.24, 2.45) is 0 Å². The molecule has 0 N–H and O–H groups in total. The van der Waals surface area contributed by atoms with Gasteiger partial charge in [-0.25, -0.2) is 0 Å². The van der Waals surface area contributed by atoms with Crippen LogP contribution in [0.15, 0.2) is 29.8 Å². The van der Waals surface area contributed by atoms with Crippen molar-refractivity contribution in [3.8, 4) is 0 Å². The van der Waals surface area contributed by atoms with Crippen LogP contribution in [0.3, 0.4) is 0 Å². The van der Waals surface area contributed by atoms with Crippen molar-refractivity contribution < 1.29 is 0 Å². The van der Waals surface area contributed by atoms with E-state index in [4.69, 9.17) is 0 Å². The molecular weight excluding hydrogens is 192 g/mol. The van der Waals surface area contributed by atoms with Gasteiger partial charge in [-0.1, -0.05) is 56.5 Å². The molecule has 2 rings (SSSR count). The smallest absolute Gasteiger partial charge is 0.00550 e. The maximum Gasteiger partial charge on any atom is -0.00550 e. The highest BCUT2D eigenvalue weighted by Crippen LogP contribution is 2.37. The fourth-order valence-electron chi connectivity index (χ4n) is 2.70. The molecule has 0 spiro atoms. The number of rotatable bonds is 5. The molecule has 1 aromatic carbocycles. The minimum Gasteiger partial charge on any atom is -0.0654 e. The van der Waals surface area contributed by atoms with Gasteiger partial charge in [0.1, 0.15) is 0 Å². The molecule has 0 bridgehead atoms. The van der Waals surface area contributed by atoms with E-state index in [1.165, 1.54) is 38.5 Å². The van der Waals surface area contributed by atoms with Gasteiger partial charge in [0.25, 0.3) is 0 Å². The van der Waals surface area contributed by atoms with Crippen molar-refractivity contribution in [1.82, 2.24) is 0 Å². The quantitative estimate of drug-likeness (QED) is 0.648. The lowest BCUT2D eigenvalue weighted by atomic mass is 9.98. The van der Waals surface area contributed by atoms with E-state index >= 15 is 0 Å². The molecule has 0 aliphatic heterocycles. The summed E-state index contributed by atoms with van der Waals surface area (Å²) < 4.78 is 0. The third kappa shape index (κ3) is 2.21. The first kappa shape index (κ1) is 11.4. The predicted octanol–water partition coefficient (Wildman–Crippen LogP) is 4.99. The van der Waals surface area contributed by atoms with E-state index in [9.17, 15) is 0 Å². The second kappa shape index (κ2) is 5.34. The van der Waals surface area contributed by atoms with Gasteiger partial charge in [-0.05, 0) is 42.4 Å². The van der Waals surface area contributed by atoms with E-state index in [0.29, 0.717) is 0 Å². The normalized spacial score (nSPS) is 14.4. The van der Waals surface area contributed by atoms with Crippen LogP contribution in [0.4, 0.5) is 0 Å². The topological polar surface area (TPSA) is 0 Å². The van der Waals surface area contributed by atoms with Gasteiger partial charge < -0.3 is 0 Å². The van der Waals surface area contributed by atoms with Gasteiger partial charge in [0.05, 0.1) is 0 Å². The maximum atomic E-state index is 2.31. The Kier molecular flexibility index (Phi) is 3.82. The number of unbranched alkanes of at least 4 members (excludes halogenated alkanes) is 1. The summed E-state index contributed by atoms with van der Waals surface area (Å²) in [6, 6.07) is 8.96. The SMILES string of the molecule is CCCCC1=C(CCC)Cc2ccccc21. The second-order valence-electron chi connectivity index (χ2n) is 4.77. The van der Waals surface area contributed by atoms with E-state index < -0.39 is 0 Å². The summed E-state index contributed by atoms with van der Waals surface area (Å²) in [5.41, 5.74) is 6.47. The number of benzene rings is 1. The fraction of sp³-hybridized carbons (Fsp3) is 0.500. The lowest BCUT2D eigenvalue weighted by Gasteiger charge is -2.07. The van der Waals surface area contributed by atoms with E-state index in [1.54, 1.807) is 22.3 Å². The first-order valence-corrected chi connectivity index (χ1v) is 6.66. The number of hydrogen-bond acceptors (Lipinski definition) is 0. The van der Waals surface area contributed by atoms with Crippen molar-refractivity contribution in [3.05, 3.63) is 41.0 Å². The highest BCUT2D eigenvalue weighted by atomic mass is 14.2. The van der Waals surface area contributed by atoms with Crippen LogP contribution in [-0.4, -0.2) is 0 Å². The summed E-state index contributed by atoms with van der Waals surface area (Å²) in [5.74, 6) is 0. The highest BCUT2D eigenvalue weighted by Gasteiger charge is 2.19. The van der Waals surface area contributed by atoms with Crippen LogP contribution in [0, 0.1) is 0 Å². The Hall–Kier alpha value is -1.04. The predicted molar refractivity (Wildman–Crippen MR) is 71.5 cm³/mol. The lowest BCUT2D eigenvalue weighted by molar-refractivity contribution is 0.813. The minimum absolute atomic E-state index is 1.21. The fourth-order valence-corrected chi connectivity index (χ4v) is 2.70. The summed E-state index contributed by atoms with van der Waals surface area (Å²) >= 11 is 0. The van der Waals surface area contributed by atoms with Crippen LogP contribution in [0.1, 0.15) is 57.1 Å². The van der Waals surface area contributed by atoms with Crippen molar-refractivity contribution in [1.29, 1.82) is 0 Å².